The smallest absolute Gasteiger partial charge is 0.157 e. The lowest BCUT2D eigenvalue weighted by atomic mass is 10.2. The summed E-state index contributed by atoms with van der Waals surface area (Å²) in [5, 5.41) is 4.14. The van der Waals surface area contributed by atoms with Crippen molar-refractivity contribution in [3.63, 3.8) is 0 Å². The molecule has 0 radical (unpaired) electrons. The molecule has 0 amide bonds. The van der Waals surface area contributed by atoms with Crippen LogP contribution in [0.3, 0.4) is 0 Å². The van der Waals surface area contributed by atoms with E-state index in [2.05, 4.69) is 10.1 Å². The number of pyridine rings is 1. The van der Waals surface area contributed by atoms with Crippen LogP contribution in [0, 0.1) is 6.92 Å². The molecule has 0 saturated carbocycles. The summed E-state index contributed by atoms with van der Waals surface area (Å²) < 4.78 is 7.44. The molecule has 2 aromatic rings. The van der Waals surface area contributed by atoms with Gasteiger partial charge in [0.2, 0.25) is 0 Å². The summed E-state index contributed by atoms with van der Waals surface area (Å²) in [6.07, 6.45) is 5.39. The maximum Gasteiger partial charge on any atom is 0.157 e. The van der Waals surface area contributed by atoms with Crippen molar-refractivity contribution in [2.24, 2.45) is 0 Å². The van der Waals surface area contributed by atoms with Crippen LogP contribution < -0.4 is 4.74 Å². The third-order valence-electron chi connectivity index (χ3n) is 2.43. The zero-order chi connectivity index (χ0) is 11.4. The van der Waals surface area contributed by atoms with Crippen molar-refractivity contribution in [1.82, 2.24) is 14.8 Å². The second kappa shape index (κ2) is 4.79. The molecule has 0 N–H and O–H groups in total. The van der Waals surface area contributed by atoms with Crippen LogP contribution in [0.5, 0.6) is 5.75 Å². The molecule has 16 heavy (non-hydrogen) atoms. The van der Waals surface area contributed by atoms with Crippen LogP contribution in [0.1, 0.15) is 18.2 Å². The van der Waals surface area contributed by atoms with Crippen molar-refractivity contribution >= 4 is 0 Å². The van der Waals surface area contributed by atoms with Crippen LogP contribution in [0.2, 0.25) is 0 Å². The Hall–Kier alpha value is -1.84. The van der Waals surface area contributed by atoms with Crippen molar-refractivity contribution in [2.45, 2.75) is 27.0 Å². The van der Waals surface area contributed by atoms with Crippen LogP contribution >= 0.6 is 0 Å². The number of nitrogens with zero attached hydrogens (tertiary/aromatic N) is 3. The summed E-state index contributed by atoms with van der Waals surface area (Å²) in [5.41, 5.74) is 2.11. The van der Waals surface area contributed by atoms with Gasteiger partial charge in [0, 0.05) is 12.7 Å². The Balaban J connectivity index is 1.99. The van der Waals surface area contributed by atoms with Crippen molar-refractivity contribution < 1.29 is 4.74 Å². The van der Waals surface area contributed by atoms with Crippen molar-refractivity contribution in [3.8, 4) is 5.75 Å². The summed E-state index contributed by atoms with van der Waals surface area (Å²) >= 11 is 0. The molecule has 0 unspecified atom stereocenters. The summed E-state index contributed by atoms with van der Waals surface area (Å²) in [5.74, 6) is 0.784. The largest absolute Gasteiger partial charge is 0.484 e. The molecular weight excluding hydrogens is 202 g/mol. The number of rotatable bonds is 4. The minimum atomic E-state index is 0.488. The summed E-state index contributed by atoms with van der Waals surface area (Å²) in [7, 11) is 0. The third kappa shape index (κ3) is 2.39. The Labute approximate surface area is 94.9 Å². The predicted octanol–water partition coefficient (Wildman–Crippen LogP) is 2.19. The Morgan fingerprint density at radius 3 is 3.00 bits per heavy atom. The predicted molar refractivity (Wildman–Crippen MR) is 61.2 cm³/mol. The van der Waals surface area contributed by atoms with Gasteiger partial charge in [-0.2, -0.15) is 5.10 Å². The highest BCUT2D eigenvalue weighted by Crippen LogP contribution is 2.11. The molecular formula is C12H15N3O. The first-order chi connectivity index (χ1) is 7.79. The molecule has 2 aromatic heterocycles. The SMILES string of the molecule is CCn1cc(OCc2ncccc2C)cn1. The summed E-state index contributed by atoms with van der Waals surface area (Å²) in [6.45, 7) is 5.41. The zero-order valence-electron chi connectivity index (χ0n) is 9.55. The van der Waals surface area contributed by atoms with Gasteiger partial charge in [-0.3, -0.25) is 9.67 Å². The zero-order valence-corrected chi connectivity index (χ0v) is 9.55. The molecule has 0 atom stereocenters. The Bertz CT molecular complexity index is 465. The highest BCUT2D eigenvalue weighted by molar-refractivity contribution is 5.18. The summed E-state index contributed by atoms with van der Waals surface area (Å²) in [6, 6.07) is 3.95. The maximum absolute atomic E-state index is 5.61. The fourth-order valence-electron chi connectivity index (χ4n) is 1.41. The lowest BCUT2D eigenvalue weighted by Crippen LogP contribution is -1.99. The van der Waals surface area contributed by atoms with E-state index in [4.69, 9.17) is 4.74 Å². The minimum absolute atomic E-state index is 0.488. The van der Waals surface area contributed by atoms with E-state index in [0.29, 0.717) is 6.61 Å². The monoisotopic (exact) mass is 217 g/mol. The van der Waals surface area contributed by atoms with Gasteiger partial charge in [0.15, 0.2) is 5.75 Å². The third-order valence-corrected chi connectivity index (χ3v) is 2.43. The van der Waals surface area contributed by atoms with Crippen LogP contribution in [0.15, 0.2) is 30.7 Å². The number of hydrogen-bond acceptors (Lipinski definition) is 3. The van der Waals surface area contributed by atoms with Gasteiger partial charge in [0.05, 0.1) is 18.1 Å². The highest BCUT2D eigenvalue weighted by atomic mass is 16.5. The van der Waals surface area contributed by atoms with E-state index >= 15 is 0 Å². The number of hydrogen-bond donors (Lipinski definition) is 0. The summed E-state index contributed by atoms with van der Waals surface area (Å²) in [4.78, 5) is 4.27. The molecule has 0 spiro atoms. The standard InChI is InChI=1S/C12H15N3O/c1-3-15-8-11(7-14-15)16-9-12-10(2)5-4-6-13-12/h4-8H,3,9H2,1-2H3. The van der Waals surface area contributed by atoms with E-state index in [-0.39, 0.29) is 0 Å². The molecule has 0 fully saturated rings. The minimum Gasteiger partial charge on any atom is -0.484 e. The van der Waals surface area contributed by atoms with Gasteiger partial charge in [-0.15, -0.1) is 0 Å². The molecule has 2 rings (SSSR count). The van der Waals surface area contributed by atoms with Crippen molar-refractivity contribution in [2.75, 3.05) is 0 Å². The van der Waals surface area contributed by atoms with E-state index in [0.717, 1.165) is 23.6 Å². The molecule has 84 valence electrons. The van der Waals surface area contributed by atoms with Gasteiger partial charge >= 0.3 is 0 Å². The molecule has 4 heteroatoms. The van der Waals surface area contributed by atoms with Gasteiger partial charge in [0.1, 0.15) is 6.61 Å². The molecule has 2 heterocycles. The van der Waals surface area contributed by atoms with E-state index in [1.807, 2.05) is 36.9 Å². The van der Waals surface area contributed by atoms with Crippen molar-refractivity contribution in [3.05, 3.63) is 42.0 Å². The number of aryl methyl sites for hydroxylation is 2. The first-order valence-corrected chi connectivity index (χ1v) is 5.35. The second-order valence-electron chi connectivity index (χ2n) is 3.59. The molecule has 0 aliphatic carbocycles. The number of aromatic nitrogens is 3. The van der Waals surface area contributed by atoms with Gasteiger partial charge in [-0.1, -0.05) is 6.07 Å². The van der Waals surface area contributed by atoms with Crippen LogP contribution in [-0.4, -0.2) is 14.8 Å². The Morgan fingerprint density at radius 2 is 2.31 bits per heavy atom. The molecule has 0 aliphatic rings. The van der Waals surface area contributed by atoms with E-state index < -0.39 is 0 Å². The Kier molecular flexibility index (Phi) is 3.19. The molecule has 4 nitrogen and oxygen atoms in total. The van der Waals surface area contributed by atoms with Gasteiger partial charge < -0.3 is 4.74 Å². The van der Waals surface area contributed by atoms with E-state index in [1.165, 1.54) is 0 Å². The topological polar surface area (TPSA) is 39.9 Å². The van der Waals surface area contributed by atoms with E-state index in [9.17, 15) is 0 Å². The molecule has 0 saturated heterocycles. The van der Waals surface area contributed by atoms with Crippen LogP contribution in [0.4, 0.5) is 0 Å². The fourth-order valence-corrected chi connectivity index (χ4v) is 1.41. The first kappa shape index (κ1) is 10.7. The average molecular weight is 217 g/mol. The highest BCUT2D eigenvalue weighted by Gasteiger charge is 2.02. The lowest BCUT2D eigenvalue weighted by Gasteiger charge is -2.04. The van der Waals surface area contributed by atoms with Crippen LogP contribution in [0.25, 0.3) is 0 Å². The molecule has 0 aromatic carbocycles. The van der Waals surface area contributed by atoms with Gasteiger partial charge in [0.25, 0.3) is 0 Å². The second-order valence-corrected chi connectivity index (χ2v) is 3.59. The molecule has 0 bridgehead atoms. The lowest BCUT2D eigenvalue weighted by molar-refractivity contribution is 0.300. The Morgan fingerprint density at radius 1 is 1.44 bits per heavy atom. The maximum atomic E-state index is 5.61. The average Bonchev–Trinajstić information content (AvgIpc) is 2.76. The van der Waals surface area contributed by atoms with Gasteiger partial charge in [-0.05, 0) is 25.5 Å². The van der Waals surface area contributed by atoms with E-state index in [1.54, 1.807) is 12.4 Å². The molecule has 0 aliphatic heterocycles. The van der Waals surface area contributed by atoms with Crippen LogP contribution in [-0.2, 0) is 13.2 Å². The van der Waals surface area contributed by atoms with Crippen molar-refractivity contribution in [1.29, 1.82) is 0 Å². The van der Waals surface area contributed by atoms with Gasteiger partial charge in [-0.25, -0.2) is 0 Å². The first-order valence-electron chi connectivity index (χ1n) is 5.35. The fraction of sp³-hybridized carbons (Fsp3) is 0.333. The number of ether oxygens (including phenoxy) is 1. The normalized spacial score (nSPS) is 10.4. The quantitative estimate of drug-likeness (QED) is 0.788.